The highest BCUT2D eigenvalue weighted by atomic mass is 16.7. The fraction of sp³-hybridized carbons (Fsp3) is 0.533. The van der Waals surface area contributed by atoms with E-state index in [0.717, 1.165) is 11.0 Å². The van der Waals surface area contributed by atoms with Crippen molar-refractivity contribution in [2.75, 3.05) is 0 Å². The highest BCUT2D eigenvalue weighted by molar-refractivity contribution is 6.62. The Balaban J connectivity index is 2.28. The van der Waals surface area contributed by atoms with Crippen LogP contribution in [0.2, 0.25) is 0 Å². The summed E-state index contributed by atoms with van der Waals surface area (Å²) in [4.78, 5) is 0. The number of nitriles is 1. The lowest BCUT2D eigenvalue weighted by Crippen LogP contribution is -2.41. The predicted octanol–water partition coefficient (Wildman–Crippen LogP) is 2.61. The quantitative estimate of drug-likeness (QED) is 0.765. The Morgan fingerprint density at radius 2 is 1.74 bits per heavy atom. The monoisotopic (exact) mass is 257 g/mol. The highest BCUT2D eigenvalue weighted by Gasteiger charge is 2.51. The van der Waals surface area contributed by atoms with E-state index in [-0.39, 0.29) is 24.2 Å². The van der Waals surface area contributed by atoms with Gasteiger partial charge in [0.2, 0.25) is 0 Å². The van der Waals surface area contributed by atoms with Crippen LogP contribution in [0.1, 0.15) is 46.1 Å². The first-order valence-corrected chi connectivity index (χ1v) is 6.62. The first-order chi connectivity index (χ1) is 8.77. The van der Waals surface area contributed by atoms with Crippen LogP contribution in [-0.4, -0.2) is 18.3 Å². The molecule has 0 bridgehead atoms. The van der Waals surface area contributed by atoms with Crippen molar-refractivity contribution in [3.63, 3.8) is 0 Å². The van der Waals surface area contributed by atoms with Crippen molar-refractivity contribution in [3.05, 3.63) is 29.8 Å². The Labute approximate surface area is 115 Å². The molecule has 1 fully saturated rings. The SMILES string of the molecule is CC(C#N)c1cccc(B2OC(C)(C)C(C)(C)O2)c1. The second-order valence-electron chi connectivity index (χ2n) is 6.11. The number of nitrogens with zero attached hydrogens (tertiary/aromatic N) is 1. The molecule has 1 unspecified atom stereocenters. The summed E-state index contributed by atoms with van der Waals surface area (Å²) in [5.74, 6) is -0.123. The fourth-order valence-electron chi connectivity index (χ4n) is 2.03. The normalized spacial score (nSPS) is 22.0. The van der Waals surface area contributed by atoms with Crippen LogP contribution >= 0.6 is 0 Å². The molecule has 0 saturated carbocycles. The van der Waals surface area contributed by atoms with Crippen molar-refractivity contribution in [2.45, 2.75) is 51.7 Å². The van der Waals surface area contributed by atoms with Crippen LogP contribution in [0.25, 0.3) is 0 Å². The number of benzene rings is 1. The summed E-state index contributed by atoms with van der Waals surface area (Å²) in [5.41, 5.74) is 1.29. The van der Waals surface area contributed by atoms with Crippen LogP contribution in [0.3, 0.4) is 0 Å². The second-order valence-corrected chi connectivity index (χ2v) is 6.11. The molecule has 0 aromatic heterocycles. The van der Waals surface area contributed by atoms with Crippen molar-refractivity contribution in [1.29, 1.82) is 5.26 Å². The van der Waals surface area contributed by atoms with Crippen LogP contribution in [0, 0.1) is 11.3 Å². The lowest BCUT2D eigenvalue weighted by atomic mass is 9.77. The zero-order valence-corrected chi connectivity index (χ0v) is 12.2. The van der Waals surface area contributed by atoms with Gasteiger partial charge in [-0.3, -0.25) is 0 Å². The third-order valence-electron chi connectivity index (χ3n) is 4.13. The maximum Gasteiger partial charge on any atom is 0.494 e. The molecule has 1 aromatic rings. The molecule has 1 heterocycles. The summed E-state index contributed by atoms with van der Waals surface area (Å²) in [6.07, 6.45) is 0. The Kier molecular flexibility index (Phi) is 3.46. The minimum atomic E-state index is -0.365. The zero-order valence-electron chi connectivity index (χ0n) is 12.2. The smallest absolute Gasteiger partial charge is 0.399 e. The third-order valence-corrected chi connectivity index (χ3v) is 4.13. The lowest BCUT2D eigenvalue weighted by molar-refractivity contribution is 0.00578. The molecule has 0 radical (unpaired) electrons. The van der Waals surface area contributed by atoms with E-state index in [4.69, 9.17) is 14.6 Å². The van der Waals surface area contributed by atoms with Crippen molar-refractivity contribution in [2.24, 2.45) is 0 Å². The van der Waals surface area contributed by atoms with Gasteiger partial charge < -0.3 is 9.31 Å². The van der Waals surface area contributed by atoms with Gasteiger partial charge in [-0.2, -0.15) is 5.26 Å². The van der Waals surface area contributed by atoms with E-state index < -0.39 is 0 Å². The molecule has 1 aromatic carbocycles. The largest absolute Gasteiger partial charge is 0.494 e. The van der Waals surface area contributed by atoms with E-state index in [1.54, 1.807) is 0 Å². The predicted molar refractivity (Wildman–Crippen MR) is 76.2 cm³/mol. The maximum absolute atomic E-state index is 9.00. The van der Waals surface area contributed by atoms with Gasteiger partial charge in [0.05, 0.1) is 23.2 Å². The van der Waals surface area contributed by atoms with E-state index in [0.29, 0.717) is 0 Å². The Hall–Kier alpha value is -1.31. The molecule has 4 heteroatoms. The van der Waals surface area contributed by atoms with Crippen LogP contribution in [0.4, 0.5) is 0 Å². The molecule has 0 N–H and O–H groups in total. The third kappa shape index (κ3) is 2.54. The van der Waals surface area contributed by atoms with Gasteiger partial charge in [0.25, 0.3) is 0 Å². The molecule has 1 saturated heterocycles. The molecule has 0 spiro atoms. The number of rotatable bonds is 2. The summed E-state index contributed by atoms with van der Waals surface area (Å²) in [6, 6.07) is 10.1. The second kappa shape index (κ2) is 4.66. The topological polar surface area (TPSA) is 42.2 Å². The molecular weight excluding hydrogens is 237 g/mol. The van der Waals surface area contributed by atoms with Gasteiger partial charge in [0.1, 0.15) is 0 Å². The maximum atomic E-state index is 9.00. The van der Waals surface area contributed by atoms with Gasteiger partial charge >= 0.3 is 7.12 Å². The first kappa shape index (κ1) is 14.1. The van der Waals surface area contributed by atoms with Gasteiger partial charge in [-0.1, -0.05) is 24.3 Å². The Bertz CT molecular complexity index is 503. The first-order valence-electron chi connectivity index (χ1n) is 6.62. The van der Waals surface area contributed by atoms with E-state index in [2.05, 4.69) is 6.07 Å². The molecule has 1 atom stereocenters. The van der Waals surface area contributed by atoms with Gasteiger partial charge in [-0.05, 0) is 45.6 Å². The minimum Gasteiger partial charge on any atom is -0.399 e. The zero-order chi connectivity index (χ0) is 14.3. The number of hydrogen-bond donors (Lipinski definition) is 0. The number of hydrogen-bond acceptors (Lipinski definition) is 3. The van der Waals surface area contributed by atoms with Crippen molar-refractivity contribution in [3.8, 4) is 6.07 Å². The summed E-state index contributed by atoms with van der Waals surface area (Å²) >= 11 is 0. The fourth-order valence-corrected chi connectivity index (χ4v) is 2.03. The van der Waals surface area contributed by atoms with Crippen molar-refractivity contribution < 1.29 is 9.31 Å². The van der Waals surface area contributed by atoms with Crippen molar-refractivity contribution in [1.82, 2.24) is 0 Å². The standard InChI is InChI=1S/C15H20BNO2/c1-11(10-17)12-7-6-8-13(9-12)16-18-14(2,3)15(4,5)19-16/h6-9,11H,1-5H3. The molecule has 3 nitrogen and oxygen atoms in total. The molecule has 0 aliphatic carbocycles. The van der Waals surface area contributed by atoms with Gasteiger partial charge in [-0.15, -0.1) is 0 Å². The van der Waals surface area contributed by atoms with Crippen LogP contribution in [0.15, 0.2) is 24.3 Å². The van der Waals surface area contributed by atoms with E-state index in [1.807, 2.05) is 58.9 Å². The van der Waals surface area contributed by atoms with Crippen LogP contribution in [-0.2, 0) is 9.31 Å². The average Bonchev–Trinajstić information content (AvgIpc) is 2.58. The Morgan fingerprint density at radius 1 is 1.16 bits per heavy atom. The Morgan fingerprint density at radius 3 is 2.26 bits per heavy atom. The molecule has 1 aliphatic rings. The highest BCUT2D eigenvalue weighted by Crippen LogP contribution is 2.36. The molecule has 0 amide bonds. The van der Waals surface area contributed by atoms with Crippen LogP contribution in [0.5, 0.6) is 0 Å². The van der Waals surface area contributed by atoms with Crippen LogP contribution < -0.4 is 5.46 Å². The van der Waals surface area contributed by atoms with Crippen molar-refractivity contribution >= 4 is 12.6 Å². The summed E-state index contributed by atoms with van der Waals surface area (Å²) < 4.78 is 12.0. The van der Waals surface area contributed by atoms with Gasteiger partial charge in [0.15, 0.2) is 0 Å². The van der Waals surface area contributed by atoms with E-state index >= 15 is 0 Å². The molecule has 1 aliphatic heterocycles. The van der Waals surface area contributed by atoms with Gasteiger partial charge in [0, 0.05) is 0 Å². The summed E-state index contributed by atoms with van der Waals surface area (Å²) in [7, 11) is -0.365. The van der Waals surface area contributed by atoms with E-state index in [9.17, 15) is 0 Å². The summed E-state index contributed by atoms with van der Waals surface area (Å²) in [6.45, 7) is 10.0. The minimum absolute atomic E-state index is 0.123. The average molecular weight is 257 g/mol. The van der Waals surface area contributed by atoms with E-state index in [1.165, 1.54) is 0 Å². The summed E-state index contributed by atoms with van der Waals surface area (Å²) in [5, 5.41) is 9.00. The molecule has 100 valence electrons. The molecule has 2 rings (SSSR count). The molecular formula is C15H20BNO2. The van der Waals surface area contributed by atoms with Gasteiger partial charge in [-0.25, -0.2) is 0 Å². The molecule has 19 heavy (non-hydrogen) atoms. The lowest BCUT2D eigenvalue weighted by Gasteiger charge is -2.32.